The largest absolute Gasteiger partial charge is 0.457 e. The molecule has 6 heteroatoms. The highest BCUT2D eigenvalue weighted by Gasteiger charge is 2.23. The first-order valence-electron chi connectivity index (χ1n) is 11.0. The Morgan fingerprint density at radius 2 is 1.91 bits per heavy atom. The fraction of sp³-hybridized carbons (Fsp3) is 0.269. The number of carbonyl (C=O) groups is 2. The first-order chi connectivity index (χ1) is 15.7. The number of aromatic nitrogens is 1. The molecule has 2 amide bonds. The molecule has 6 nitrogen and oxygen atoms in total. The van der Waals surface area contributed by atoms with Crippen molar-refractivity contribution in [3.8, 4) is 11.5 Å². The topological polar surface area (TPSA) is 71.5 Å². The van der Waals surface area contributed by atoms with Crippen molar-refractivity contribution in [2.45, 2.75) is 38.6 Å². The second kappa shape index (κ2) is 8.83. The van der Waals surface area contributed by atoms with Crippen LogP contribution in [-0.4, -0.2) is 28.2 Å². The van der Waals surface area contributed by atoms with Crippen molar-refractivity contribution in [1.82, 2.24) is 9.88 Å². The number of ether oxygens (including phenoxy) is 1. The molecule has 0 radical (unpaired) electrons. The number of hydrogen-bond acceptors (Lipinski definition) is 4. The van der Waals surface area contributed by atoms with Gasteiger partial charge in [0.1, 0.15) is 17.3 Å². The Balaban J connectivity index is 1.28. The summed E-state index contributed by atoms with van der Waals surface area (Å²) in [5.41, 5.74) is 4.49. The van der Waals surface area contributed by atoms with Crippen molar-refractivity contribution >= 4 is 17.6 Å². The lowest BCUT2D eigenvalue weighted by atomic mass is 9.98. The van der Waals surface area contributed by atoms with Gasteiger partial charge in [0.25, 0.3) is 0 Å². The molecule has 2 aliphatic rings. The van der Waals surface area contributed by atoms with E-state index in [1.165, 1.54) is 11.1 Å². The van der Waals surface area contributed by atoms with Crippen LogP contribution in [0.2, 0.25) is 0 Å². The van der Waals surface area contributed by atoms with Gasteiger partial charge in [-0.15, -0.1) is 0 Å². The summed E-state index contributed by atoms with van der Waals surface area (Å²) in [4.78, 5) is 30.6. The van der Waals surface area contributed by atoms with Gasteiger partial charge in [0.15, 0.2) is 0 Å². The summed E-state index contributed by atoms with van der Waals surface area (Å²) in [5.74, 6) is 2.18. The predicted octanol–water partition coefficient (Wildman–Crippen LogP) is 4.28. The van der Waals surface area contributed by atoms with E-state index in [9.17, 15) is 9.59 Å². The average Bonchev–Trinajstić information content (AvgIpc) is 2.82. The first-order valence-corrected chi connectivity index (χ1v) is 11.0. The molecule has 1 aromatic heterocycles. The molecule has 0 saturated carbocycles. The molecule has 0 atom stereocenters. The van der Waals surface area contributed by atoms with E-state index in [0.717, 1.165) is 36.3 Å². The Kier molecular flexibility index (Phi) is 5.58. The summed E-state index contributed by atoms with van der Waals surface area (Å²) in [7, 11) is 0. The summed E-state index contributed by atoms with van der Waals surface area (Å²) in [6, 6.07) is 18.0. The smallest absolute Gasteiger partial charge is 0.225 e. The van der Waals surface area contributed by atoms with Crippen LogP contribution in [0.3, 0.4) is 0 Å². The SMILES string of the molecule is O=C1CCc2c(Oc3ccc4c(c3)CN(C(=O)CCc3ccccc3)CC4)ccnc2N1. The van der Waals surface area contributed by atoms with E-state index >= 15 is 0 Å². The monoisotopic (exact) mass is 427 g/mol. The molecule has 32 heavy (non-hydrogen) atoms. The van der Waals surface area contributed by atoms with Gasteiger partial charge in [-0.25, -0.2) is 4.98 Å². The summed E-state index contributed by atoms with van der Waals surface area (Å²) < 4.78 is 6.18. The van der Waals surface area contributed by atoms with Gasteiger partial charge in [0.05, 0.1) is 0 Å². The minimum absolute atomic E-state index is 0.0204. The molecule has 162 valence electrons. The van der Waals surface area contributed by atoms with Crippen LogP contribution in [0, 0.1) is 0 Å². The highest BCUT2D eigenvalue weighted by Crippen LogP contribution is 2.34. The zero-order valence-electron chi connectivity index (χ0n) is 17.8. The molecule has 2 aliphatic heterocycles. The van der Waals surface area contributed by atoms with Crippen LogP contribution in [0.15, 0.2) is 60.8 Å². The minimum atomic E-state index is -0.0204. The second-order valence-electron chi connectivity index (χ2n) is 8.27. The van der Waals surface area contributed by atoms with E-state index in [2.05, 4.69) is 28.5 Å². The van der Waals surface area contributed by atoms with Gasteiger partial charge in [-0.1, -0.05) is 36.4 Å². The van der Waals surface area contributed by atoms with Gasteiger partial charge >= 0.3 is 0 Å². The fourth-order valence-electron chi connectivity index (χ4n) is 4.34. The highest BCUT2D eigenvalue weighted by molar-refractivity contribution is 5.93. The fourth-order valence-corrected chi connectivity index (χ4v) is 4.34. The number of pyridine rings is 1. The lowest BCUT2D eigenvalue weighted by Crippen LogP contribution is -2.36. The summed E-state index contributed by atoms with van der Waals surface area (Å²) in [5, 5.41) is 2.80. The Morgan fingerprint density at radius 1 is 1.03 bits per heavy atom. The van der Waals surface area contributed by atoms with Crippen molar-refractivity contribution in [3.63, 3.8) is 0 Å². The highest BCUT2D eigenvalue weighted by atomic mass is 16.5. The zero-order valence-corrected chi connectivity index (χ0v) is 17.8. The minimum Gasteiger partial charge on any atom is -0.457 e. The molecular weight excluding hydrogens is 402 g/mol. The lowest BCUT2D eigenvalue weighted by molar-refractivity contribution is -0.132. The standard InChI is InChI=1S/C26H25N3O3/c30-24-10-9-22-23(12-14-27-26(22)28-24)32-21-8-7-19-13-15-29(17-20(19)16-21)25(31)11-6-18-4-2-1-3-5-18/h1-5,7-8,12,14,16H,6,9-11,13,15,17H2,(H,27,28,30). The number of nitrogens with one attached hydrogen (secondary N) is 1. The number of hydrogen-bond donors (Lipinski definition) is 1. The van der Waals surface area contributed by atoms with E-state index in [-0.39, 0.29) is 11.8 Å². The van der Waals surface area contributed by atoms with Gasteiger partial charge in [-0.3, -0.25) is 9.59 Å². The first kappa shape index (κ1) is 20.2. The molecule has 3 heterocycles. The van der Waals surface area contributed by atoms with Crippen LogP contribution in [0.1, 0.15) is 35.1 Å². The Bertz CT molecular complexity index is 1160. The number of rotatable bonds is 5. The molecule has 3 aromatic rings. The molecule has 0 unspecified atom stereocenters. The van der Waals surface area contributed by atoms with Gasteiger partial charge in [-0.2, -0.15) is 0 Å². The van der Waals surface area contributed by atoms with E-state index in [1.807, 2.05) is 41.3 Å². The molecule has 2 aromatic carbocycles. The zero-order chi connectivity index (χ0) is 21.9. The van der Waals surface area contributed by atoms with E-state index in [4.69, 9.17) is 4.74 Å². The number of nitrogens with zero attached hydrogens (tertiary/aromatic N) is 2. The van der Waals surface area contributed by atoms with Gasteiger partial charge in [0, 0.05) is 37.7 Å². The predicted molar refractivity (Wildman–Crippen MR) is 122 cm³/mol. The number of aryl methyl sites for hydroxylation is 1. The number of benzene rings is 2. The van der Waals surface area contributed by atoms with Gasteiger partial charge < -0.3 is 15.0 Å². The molecule has 1 N–H and O–H groups in total. The second-order valence-corrected chi connectivity index (χ2v) is 8.27. The van der Waals surface area contributed by atoms with Gasteiger partial charge in [0.2, 0.25) is 11.8 Å². The van der Waals surface area contributed by atoms with Crippen LogP contribution in [0.4, 0.5) is 5.82 Å². The van der Waals surface area contributed by atoms with Crippen molar-refractivity contribution in [2.75, 3.05) is 11.9 Å². The van der Waals surface area contributed by atoms with Crippen LogP contribution >= 0.6 is 0 Å². The normalized spacial score (nSPS) is 14.9. The quantitative estimate of drug-likeness (QED) is 0.660. The summed E-state index contributed by atoms with van der Waals surface area (Å²) >= 11 is 0. The number of fused-ring (bicyclic) bond motifs is 2. The average molecular weight is 428 g/mol. The van der Waals surface area contributed by atoms with E-state index in [1.54, 1.807) is 6.20 Å². The number of amides is 2. The third-order valence-corrected chi connectivity index (χ3v) is 6.11. The molecule has 0 saturated heterocycles. The van der Waals surface area contributed by atoms with Gasteiger partial charge in [-0.05, 0) is 54.2 Å². The van der Waals surface area contributed by atoms with Crippen LogP contribution in [0.25, 0.3) is 0 Å². The number of anilines is 1. The molecular formula is C26H25N3O3. The Labute approximate surface area is 187 Å². The molecule has 0 bridgehead atoms. The third-order valence-electron chi connectivity index (χ3n) is 6.11. The molecule has 0 fully saturated rings. The maximum absolute atomic E-state index is 12.8. The van der Waals surface area contributed by atoms with Crippen LogP contribution in [-0.2, 0) is 35.4 Å². The van der Waals surface area contributed by atoms with Crippen molar-refractivity contribution in [1.29, 1.82) is 0 Å². The summed E-state index contributed by atoms with van der Waals surface area (Å²) in [6.45, 7) is 1.35. The lowest BCUT2D eigenvalue weighted by Gasteiger charge is -2.29. The molecule has 0 spiro atoms. The van der Waals surface area contributed by atoms with E-state index < -0.39 is 0 Å². The maximum atomic E-state index is 12.8. The Morgan fingerprint density at radius 3 is 2.78 bits per heavy atom. The van der Waals surface area contributed by atoms with Crippen LogP contribution < -0.4 is 10.1 Å². The molecule has 5 rings (SSSR count). The van der Waals surface area contributed by atoms with Crippen molar-refractivity contribution < 1.29 is 14.3 Å². The van der Waals surface area contributed by atoms with Crippen molar-refractivity contribution in [2.24, 2.45) is 0 Å². The van der Waals surface area contributed by atoms with Crippen molar-refractivity contribution in [3.05, 3.63) is 83.0 Å². The maximum Gasteiger partial charge on any atom is 0.225 e. The van der Waals surface area contributed by atoms with Crippen LogP contribution in [0.5, 0.6) is 11.5 Å². The van der Waals surface area contributed by atoms with E-state index in [0.29, 0.717) is 37.4 Å². The Hall–Kier alpha value is -3.67. The third kappa shape index (κ3) is 4.35. The molecule has 0 aliphatic carbocycles. The number of carbonyl (C=O) groups excluding carboxylic acids is 2. The summed E-state index contributed by atoms with van der Waals surface area (Å²) in [6.07, 6.45) is 4.81.